The number of aliphatic hydroxyl groups is 11. The maximum Gasteiger partial charge on any atom is 0.364 e. The molecular formula is C76H140N2O21. The van der Waals surface area contributed by atoms with Crippen LogP contribution in [0, 0.1) is 0 Å². The Balaban J connectivity index is 1.50. The Kier molecular flexibility index (Phi) is 50.8. The minimum absolute atomic E-state index is 0.223. The molecule has 0 radical (unpaired) electrons. The largest absolute Gasteiger partial charge is 0.477 e. The summed E-state index contributed by atoms with van der Waals surface area (Å²) in [5, 5.41) is 136. The van der Waals surface area contributed by atoms with Crippen LogP contribution >= 0.6 is 0 Å². The van der Waals surface area contributed by atoms with E-state index < -0.39 is 148 Å². The fraction of sp³-hybridized carbons (Fsp3) is 0.908. The Bertz CT molecular complexity index is 2080. The van der Waals surface area contributed by atoms with E-state index in [4.69, 9.17) is 28.4 Å². The molecule has 23 heteroatoms. The molecule has 3 fully saturated rings. The van der Waals surface area contributed by atoms with E-state index in [2.05, 4.69) is 48.8 Å². The summed E-state index contributed by atoms with van der Waals surface area (Å²) in [6, 6.07) is -2.53. The van der Waals surface area contributed by atoms with Crippen molar-refractivity contribution in [1.82, 2.24) is 10.6 Å². The highest BCUT2D eigenvalue weighted by Gasteiger charge is 2.60. The zero-order valence-electron chi connectivity index (χ0n) is 61.1. The lowest BCUT2D eigenvalue weighted by Crippen LogP contribution is -2.70. The second kappa shape index (κ2) is 55.7. The van der Waals surface area contributed by atoms with Crippen LogP contribution in [-0.2, 0) is 42.8 Å². The predicted molar refractivity (Wildman–Crippen MR) is 380 cm³/mol. The van der Waals surface area contributed by atoms with Crippen molar-refractivity contribution in [2.75, 3.05) is 26.4 Å². The highest BCUT2D eigenvalue weighted by atomic mass is 16.8. The molecule has 14 N–H and O–H groups in total. The molecule has 18 unspecified atom stereocenters. The number of hydrogen-bond donors (Lipinski definition) is 14. The highest BCUT2D eigenvalue weighted by Crippen LogP contribution is 2.39. The number of carboxylic acids is 1. The summed E-state index contributed by atoms with van der Waals surface area (Å²) in [7, 11) is 0. The molecule has 3 heterocycles. The number of aliphatic carboxylic acids is 1. The first-order valence-corrected chi connectivity index (χ1v) is 39.2. The summed E-state index contributed by atoms with van der Waals surface area (Å²) in [6.45, 7) is 2.23. The Labute approximate surface area is 594 Å². The minimum Gasteiger partial charge on any atom is -0.477 e. The summed E-state index contributed by atoms with van der Waals surface area (Å²) >= 11 is 0. The van der Waals surface area contributed by atoms with E-state index in [0.717, 1.165) is 71.1 Å². The van der Waals surface area contributed by atoms with Crippen LogP contribution in [0.25, 0.3) is 0 Å². The van der Waals surface area contributed by atoms with Gasteiger partial charge in [-0.25, -0.2) is 4.79 Å². The molecule has 580 valence electrons. The monoisotopic (exact) mass is 1420 g/mol. The number of carbonyl (C=O) groups is 3. The Morgan fingerprint density at radius 2 is 0.970 bits per heavy atom. The zero-order valence-corrected chi connectivity index (χ0v) is 61.1. The second-order valence-electron chi connectivity index (χ2n) is 28.6. The van der Waals surface area contributed by atoms with Crippen LogP contribution in [0.5, 0.6) is 0 Å². The van der Waals surface area contributed by atoms with Gasteiger partial charge in [-0.15, -0.1) is 0 Å². The number of rotatable bonds is 61. The molecule has 2 amide bonds. The van der Waals surface area contributed by atoms with E-state index >= 15 is 0 Å². The van der Waals surface area contributed by atoms with Crippen LogP contribution in [-0.4, -0.2) is 215 Å². The van der Waals surface area contributed by atoms with E-state index in [9.17, 15) is 75.7 Å². The Morgan fingerprint density at radius 3 is 1.41 bits per heavy atom. The first-order chi connectivity index (χ1) is 47.9. The number of ether oxygens (including phenoxy) is 6. The molecule has 0 bridgehead atoms. The van der Waals surface area contributed by atoms with Gasteiger partial charge in [0.1, 0.15) is 67.1 Å². The molecule has 0 aliphatic carbocycles. The van der Waals surface area contributed by atoms with Crippen molar-refractivity contribution in [2.24, 2.45) is 0 Å². The van der Waals surface area contributed by atoms with Crippen molar-refractivity contribution in [3.05, 3.63) is 24.3 Å². The van der Waals surface area contributed by atoms with Gasteiger partial charge < -0.3 is 100 Å². The molecule has 23 nitrogen and oxygen atoms in total. The number of carbonyl (C=O) groups excluding carboxylic acids is 2. The summed E-state index contributed by atoms with van der Waals surface area (Å²) in [4.78, 5) is 38.7. The Hall–Kier alpha value is -2.79. The van der Waals surface area contributed by atoms with Crippen molar-refractivity contribution in [2.45, 2.75) is 413 Å². The fourth-order valence-electron chi connectivity index (χ4n) is 13.7. The molecule has 0 aromatic carbocycles. The SMILES string of the molecule is CCCCCCCCCCC/C=C\C/C=C\CCCCCCCCCCCCCCCC(=O)NC(COC1OC(CO)C(OC2OC(CO)C(O)C(OC3(C(=O)O)CC(O)C(NC(C)=O)C(C(O)C(O)CO)O3)C2O)C(O)C1O)C(O)CCCCCCCCCCCCCCCCCC. The molecule has 3 aliphatic rings. The summed E-state index contributed by atoms with van der Waals surface area (Å²) in [6.07, 6.45) is 30.3. The van der Waals surface area contributed by atoms with Gasteiger partial charge in [0.2, 0.25) is 11.8 Å². The molecule has 0 saturated carbocycles. The maximum absolute atomic E-state index is 13.5. The van der Waals surface area contributed by atoms with Crippen molar-refractivity contribution in [1.29, 1.82) is 0 Å². The van der Waals surface area contributed by atoms with E-state index in [1.54, 1.807) is 0 Å². The van der Waals surface area contributed by atoms with Crippen molar-refractivity contribution in [3.63, 3.8) is 0 Å². The van der Waals surface area contributed by atoms with Crippen LogP contribution in [0.4, 0.5) is 0 Å². The molecule has 0 aromatic rings. The number of nitrogens with one attached hydrogen (secondary N) is 2. The van der Waals surface area contributed by atoms with Gasteiger partial charge in [-0.3, -0.25) is 9.59 Å². The first-order valence-electron chi connectivity index (χ1n) is 39.2. The molecule has 0 aromatic heterocycles. The molecule has 0 spiro atoms. The molecule has 18 atom stereocenters. The van der Waals surface area contributed by atoms with Crippen molar-refractivity contribution in [3.8, 4) is 0 Å². The third kappa shape index (κ3) is 36.7. The van der Waals surface area contributed by atoms with Crippen LogP contribution in [0.1, 0.15) is 303 Å². The molecule has 3 rings (SSSR count). The number of amides is 2. The van der Waals surface area contributed by atoms with E-state index in [1.165, 1.54) is 186 Å². The molecular weight excluding hydrogens is 1280 g/mol. The van der Waals surface area contributed by atoms with E-state index in [1.807, 2.05) is 0 Å². The first kappa shape index (κ1) is 90.4. The average molecular weight is 1420 g/mol. The van der Waals surface area contributed by atoms with Gasteiger partial charge in [0.15, 0.2) is 12.6 Å². The predicted octanol–water partition coefficient (Wildman–Crippen LogP) is 9.57. The second-order valence-corrected chi connectivity index (χ2v) is 28.6. The van der Waals surface area contributed by atoms with Crippen LogP contribution in [0.2, 0.25) is 0 Å². The molecule has 3 saturated heterocycles. The standard InChI is InChI=1S/C76H140N2O21/c1-4-6-8-10-12-14-16-18-20-22-23-24-25-26-27-28-29-30-31-32-33-34-36-38-40-42-44-46-48-50-63(86)78-57(58(83)49-47-45-43-41-39-37-35-21-19-17-15-13-11-9-7-5-2)55-94-73-68(90)67(89)70(62(54-81)96-73)97-74-69(91)72(66(88)61(53-80)95-74)99-76(75(92)93)51-59(84)64(77-56(3)82)71(98-76)65(87)60(85)52-79/h23-24,26-27,57-62,64-74,79-81,83-85,87-91H,4-22,25,28-55H2,1-3H3,(H,77,82)(H,78,86)(H,92,93)/b24-23-,27-26-. The van der Waals surface area contributed by atoms with Gasteiger partial charge in [-0.05, 0) is 44.9 Å². The van der Waals surface area contributed by atoms with Gasteiger partial charge in [-0.1, -0.05) is 263 Å². The summed E-state index contributed by atoms with van der Waals surface area (Å²) < 4.78 is 34.9. The van der Waals surface area contributed by atoms with Gasteiger partial charge in [0.05, 0.1) is 50.7 Å². The lowest BCUT2D eigenvalue weighted by Gasteiger charge is -2.50. The zero-order chi connectivity index (χ0) is 72.5. The summed E-state index contributed by atoms with van der Waals surface area (Å²) in [5.74, 6) is -6.10. The lowest BCUT2D eigenvalue weighted by atomic mass is 9.88. The normalized spacial score (nSPS) is 27.2. The highest BCUT2D eigenvalue weighted by molar-refractivity contribution is 5.77. The van der Waals surface area contributed by atoms with Crippen LogP contribution < -0.4 is 10.6 Å². The number of allylic oxidation sites excluding steroid dienone is 4. The van der Waals surface area contributed by atoms with Crippen molar-refractivity contribution < 1.29 is 104 Å². The Morgan fingerprint density at radius 1 is 0.525 bits per heavy atom. The lowest BCUT2D eigenvalue weighted by molar-refractivity contribution is -0.386. The third-order valence-electron chi connectivity index (χ3n) is 19.9. The summed E-state index contributed by atoms with van der Waals surface area (Å²) in [5.41, 5.74) is 0. The number of unbranched alkanes of at least 4 members (excludes halogenated alkanes) is 37. The van der Waals surface area contributed by atoms with Gasteiger partial charge in [0.25, 0.3) is 5.79 Å². The van der Waals surface area contributed by atoms with Gasteiger partial charge in [0, 0.05) is 19.8 Å². The van der Waals surface area contributed by atoms with E-state index in [0.29, 0.717) is 19.3 Å². The fourth-order valence-corrected chi connectivity index (χ4v) is 13.7. The van der Waals surface area contributed by atoms with Crippen LogP contribution in [0.3, 0.4) is 0 Å². The van der Waals surface area contributed by atoms with Crippen LogP contribution in [0.15, 0.2) is 24.3 Å². The quantitative estimate of drug-likeness (QED) is 0.0199. The van der Waals surface area contributed by atoms with Crippen molar-refractivity contribution >= 4 is 17.8 Å². The third-order valence-corrected chi connectivity index (χ3v) is 19.9. The average Bonchev–Trinajstić information content (AvgIpc) is 0.757. The topological polar surface area (TPSA) is 373 Å². The van der Waals surface area contributed by atoms with E-state index in [-0.39, 0.29) is 18.9 Å². The van der Waals surface area contributed by atoms with Gasteiger partial charge >= 0.3 is 5.97 Å². The number of hydrogen-bond acceptors (Lipinski definition) is 20. The minimum atomic E-state index is -3.08. The molecule has 99 heavy (non-hydrogen) atoms. The number of aliphatic hydroxyl groups excluding tert-OH is 11. The molecule has 3 aliphatic heterocycles. The van der Waals surface area contributed by atoms with Gasteiger partial charge in [-0.2, -0.15) is 0 Å². The number of carboxylic acid groups (broad SMARTS) is 1. The maximum atomic E-state index is 13.5. The smallest absolute Gasteiger partial charge is 0.364 e.